The molecule has 0 aromatic heterocycles. The fraction of sp³-hybridized carbons (Fsp3) is 0.556. The Morgan fingerprint density at radius 3 is 1.43 bits per heavy atom. The molecule has 0 saturated heterocycles. The van der Waals surface area contributed by atoms with E-state index in [0.29, 0.717) is 19.6 Å². The van der Waals surface area contributed by atoms with E-state index in [1.54, 1.807) is 30.3 Å². The topological polar surface area (TPSA) is 127 Å². The number of esters is 2. The summed E-state index contributed by atoms with van der Waals surface area (Å²) >= 11 is 0. The van der Waals surface area contributed by atoms with Gasteiger partial charge in [0.2, 0.25) is 0 Å². The Labute approximate surface area is 263 Å². The lowest BCUT2D eigenvalue weighted by Crippen LogP contribution is -2.15. The van der Waals surface area contributed by atoms with Gasteiger partial charge in [-0.1, -0.05) is 97.3 Å². The quantitative estimate of drug-likeness (QED) is 0.112. The van der Waals surface area contributed by atoms with Crippen LogP contribution in [0.1, 0.15) is 157 Å². The number of carbonyl (C=O) groups is 4. The first-order valence-electron chi connectivity index (χ1n) is 16.3. The summed E-state index contributed by atoms with van der Waals surface area (Å²) in [6.07, 6.45) is 13.5. The molecule has 8 heteroatoms. The largest absolute Gasteiger partial charge is 0.478 e. The molecule has 2 aromatic carbocycles. The Morgan fingerprint density at radius 1 is 0.545 bits per heavy atom. The zero-order valence-electron chi connectivity index (χ0n) is 27.1. The van der Waals surface area contributed by atoms with Crippen LogP contribution in [-0.4, -0.2) is 47.3 Å². The molecule has 0 heterocycles. The average Bonchev–Trinajstić information content (AvgIpc) is 3.01. The van der Waals surface area contributed by atoms with Gasteiger partial charge in [-0.25, -0.2) is 19.2 Å². The second kappa shape index (κ2) is 22.8. The molecule has 0 atom stereocenters. The average molecular weight is 613 g/mol. The van der Waals surface area contributed by atoms with Crippen molar-refractivity contribution in [3.05, 3.63) is 69.8 Å². The van der Waals surface area contributed by atoms with E-state index in [0.717, 1.165) is 94.6 Å². The highest BCUT2D eigenvalue weighted by molar-refractivity contribution is 6.03. The number of rotatable bonds is 20. The minimum Gasteiger partial charge on any atom is -0.478 e. The van der Waals surface area contributed by atoms with Crippen molar-refractivity contribution in [3.8, 4) is 0 Å². The molecule has 0 radical (unpaired) electrons. The minimum atomic E-state index is -1.17. The third-order valence-corrected chi connectivity index (χ3v) is 7.26. The first-order valence-corrected chi connectivity index (χ1v) is 16.3. The van der Waals surface area contributed by atoms with E-state index in [9.17, 15) is 29.4 Å². The van der Waals surface area contributed by atoms with Crippen molar-refractivity contribution in [2.75, 3.05) is 13.2 Å². The van der Waals surface area contributed by atoms with Crippen LogP contribution in [0.5, 0.6) is 0 Å². The van der Waals surface area contributed by atoms with E-state index in [4.69, 9.17) is 9.47 Å². The molecule has 44 heavy (non-hydrogen) atoms. The number of carbonyl (C=O) groups excluding carboxylic acids is 2. The number of aromatic carboxylic acids is 2. The third-order valence-electron chi connectivity index (χ3n) is 7.26. The van der Waals surface area contributed by atoms with Crippen LogP contribution in [0.25, 0.3) is 0 Å². The van der Waals surface area contributed by atoms with E-state index in [1.165, 1.54) is 6.07 Å². The summed E-state index contributed by atoms with van der Waals surface area (Å²) in [5.41, 5.74) is 2.15. The van der Waals surface area contributed by atoms with Gasteiger partial charge in [0.25, 0.3) is 0 Å². The van der Waals surface area contributed by atoms with Crippen LogP contribution in [0.15, 0.2) is 36.4 Å². The molecule has 2 rings (SSSR count). The summed E-state index contributed by atoms with van der Waals surface area (Å²) in [6.45, 7) is 9.16. The maximum absolute atomic E-state index is 12.1. The molecule has 0 bridgehead atoms. The molecule has 0 aliphatic carbocycles. The van der Waals surface area contributed by atoms with Crippen molar-refractivity contribution in [1.29, 1.82) is 0 Å². The van der Waals surface area contributed by atoms with E-state index in [-0.39, 0.29) is 22.3 Å². The lowest BCUT2D eigenvalue weighted by Gasteiger charge is -2.15. The van der Waals surface area contributed by atoms with Gasteiger partial charge >= 0.3 is 23.9 Å². The third kappa shape index (κ3) is 13.7. The van der Waals surface area contributed by atoms with Crippen LogP contribution in [0.3, 0.4) is 0 Å². The minimum absolute atomic E-state index is 0.0161. The van der Waals surface area contributed by atoms with Gasteiger partial charge in [-0.15, -0.1) is 0 Å². The van der Waals surface area contributed by atoms with E-state index < -0.39 is 23.9 Å². The van der Waals surface area contributed by atoms with Crippen LogP contribution < -0.4 is 0 Å². The predicted octanol–water partition coefficient (Wildman–Crippen LogP) is 8.93. The van der Waals surface area contributed by atoms with Gasteiger partial charge in [0.1, 0.15) is 0 Å². The van der Waals surface area contributed by atoms with Gasteiger partial charge in [-0.3, -0.25) is 0 Å². The summed E-state index contributed by atoms with van der Waals surface area (Å²) in [4.78, 5) is 47.1. The number of ether oxygens (including phenoxy) is 2. The van der Waals surface area contributed by atoms with Crippen LogP contribution >= 0.6 is 0 Å². The lowest BCUT2D eigenvalue weighted by molar-refractivity contribution is 0.0451. The highest BCUT2D eigenvalue weighted by Gasteiger charge is 2.22. The Bertz CT molecular complexity index is 1130. The molecule has 0 aliphatic heterocycles. The zero-order chi connectivity index (χ0) is 32.7. The zero-order valence-corrected chi connectivity index (χ0v) is 27.1. The highest BCUT2D eigenvalue weighted by Crippen LogP contribution is 2.24. The van der Waals surface area contributed by atoms with Crippen molar-refractivity contribution < 1.29 is 38.9 Å². The van der Waals surface area contributed by atoms with Crippen molar-refractivity contribution in [2.45, 2.75) is 118 Å². The number of unbranched alkanes of at least 4 members (excludes halogenated alkanes) is 8. The molecular formula is C36H52O8. The fourth-order valence-electron chi connectivity index (χ4n) is 4.78. The van der Waals surface area contributed by atoms with E-state index in [1.807, 2.05) is 0 Å². The second-order valence-electron chi connectivity index (χ2n) is 10.9. The first kappa shape index (κ1) is 38.3. The van der Waals surface area contributed by atoms with Crippen LogP contribution in [0, 0.1) is 0 Å². The Hall–Kier alpha value is -3.68. The molecule has 0 spiro atoms. The number of hydrogen-bond acceptors (Lipinski definition) is 6. The molecule has 0 unspecified atom stereocenters. The smallest absolute Gasteiger partial charge is 0.339 e. The maximum Gasteiger partial charge on any atom is 0.339 e. The Kier molecular flexibility index (Phi) is 19.9. The van der Waals surface area contributed by atoms with Crippen LogP contribution in [-0.2, 0) is 22.3 Å². The molecule has 244 valence electrons. The van der Waals surface area contributed by atoms with Crippen LogP contribution in [0.4, 0.5) is 0 Å². The summed E-state index contributed by atoms with van der Waals surface area (Å²) in [7, 11) is 0. The van der Waals surface area contributed by atoms with Crippen molar-refractivity contribution in [2.24, 2.45) is 0 Å². The Morgan fingerprint density at radius 2 is 1.00 bits per heavy atom. The maximum atomic E-state index is 12.1. The second-order valence-corrected chi connectivity index (χ2v) is 10.9. The van der Waals surface area contributed by atoms with E-state index in [2.05, 4.69) is 27.7 Å². The molecule has 0 fully saturated rings. The summed E-state index contributed by atoms with van der Waals surface area (Å²) in [6, 6.07) is 9.88. The Balaban J connectivity index is 0.000000440. The molecule has 2 aromatic rings. The molecule has 2 N–H and O–H groups in total. The van der Waals surface area contributed by atoms with Crippen molar-refractivity contribution in [3.63, 3.8) is 0 Å². The van der Waals surface area contributed by atoms with Gasteiger partial charge in [0, 0.05) is 0 Å². The summed E-state index contributed by atoms with van der Waals surface area (Å²) in [5.74, 6) is -3.23. The number of carboxylic acid groups (broad SMARTS) is 2. The molecule has 0 aliphatic rings. The van der Waals surface area contributed by atoms with Crippen molar-refractivity contribution >= 4 is 23.9 Å². The van der Waals surface area contributed by atoms with Gasteiger partial charge in [-0.05, 0) is 67.9 Å². The van der Waals surface area contributed by atoms with Gasteiger partial charge < -0.3 is 19.7 Å². The first-order chi connectivity index (χ1) is 21.2. The predicted molar refractivity (Wildman–Crippen MR) is 173 cm³/mol. The number of carboxylic acids is 2. The molecule has 0 saturated carbocycles. The van der Waals surface area contributed by atoms with Gasteiger partial charge in [0.05, 0.1) is 35.5 Å². The monoisotopic (exact) mass is 612 g/mol. The SMILES string of the molecule is CCCCCOC(=O)c1ccccc1C(=O)OCCCCC.CCCCCc1ccc(C(=O)O)c(C(=O)O)c1CCCCC. The highest BCUT2D eigenvalue weighted by atomic mass is 16.5. The fourth-order valence-corrected chi connectivity index (χ4v) is 4.78. The van der Waals surface area contributed by atoms with E-state index >= 15 is 0 Å². The number of aryl methyl sites for hydroxylation is 1. The van der Waals surface area contributed by atoms with Crippen LogP contribution in [0.2, 0.25) is 0 Å². The summed E-state index contributed by atoms with van der Waals surface area (Å²) in [5, 5.41) is 18.7. The molecule has 8 nitrogen and oxygen atoms in total. The standard InChI is InChI=1S/2C18H26O4/c1-3-5-9-13-21-17(19)15-11-7-8-12-16(15)18(20)22-14-10-6-4-2;1-3-5-7-9-13-11-12-15(17(19)20)16(18(21)22)14(13)10-8-6-4-2/h7-8,11-12H,3-6,9-10,13-14H2,1-2H3;11-12H,3-10H2,1-2H3,(H,19,20)(H,21,22). The van der Waals surface area contributed by atoms with Gasteiger partial charge in [0.15, 0.2) is 0 Å². The molecule has 0 amide bonds. The van der Waals surface area contributed by atoms with Crippen molar-refractivity contribution in [1.82, 2.24) is 0 Å². The molecular weight excluding hydrogens is 560 g/mol. The number of hydrogen-bond donors (Lipinski definition) is 2. The number of benzene rings is 2. The normalized spacial score (nSPS) is 10.5. The summed E-state index contributed by atoms with van der Waals surface area (Å²) < 4.78 is 10.4. The lowest BCUT2D eigenvalue weighted by atomic mass is 9.89. The van der Waals surface area contributed by atoms with Gasteiger partial charge in [-0.2, -0.15) is 0 Å².